The zero-order chi connectivity index (χ0) is 20.5. The number of benzene rings is 2. The van der Waals surface area contributed by atoms with Gasteiger partial charge in [0, 0.05) is 25.1 Å². The Morgan fingerprint density at radius 3 is 2.29 bits per heavy atom. The zero-order valence-electron chi connectivity index (χ0n) is 14.5. The number of amides is 1. The zero-order valence-corrected chi connectivity index (χ0v) is 16.8. The Bertz CT molecular complexity index is 990. The van der Waals surface area contributed by atoms with E-state index in [9.17, 15) is 22.0 Å². The van der Waals surface area contributed by atoms with Gasteiger partial charge in [0.05, 0.1) is 15.7 Å². The molecule has 1 aliphatic rings. The molecule has 0 aliphatic carbocycles. The molecule has 1 amide bonds. The average molecular weight is 449 g/mol. The first-order chi connectivity index (χ1) is 13.2. The summed E-state index contributed by atoms with van der Waals surface area (Å²) in [4.78, 5) is 12.2. The molecule has 0 saturated carbocycles. The maximum absolute atomic E-state index is 13.7. The van der Waals surface area contributed by atoms with E-state index in [4.69, 9.17) is 23.2 Å². The molecule has 2 aromatic carbocycles. The first-order valence-corrected chi connectivity index (χ1v) is 10.6. The molecule has 1 aliphatic heterocycles. The molecule has 0 bridgehead atoms. The van der Waals surface area contributed by atoms with Gasteiger partial charge in [0.25, 0.3) is 0 Å². The van der Waals surface area contributed by atoms with Gasteiger partial charge in [-0.3, -0.25) is 4.79 Å². The van der Waals surface area contributed by atoms with Gasteiger partial charge in [-0.1, -0.05) is 29.3 Å². The number of sulfonamides is 1. The van der Waals surface area contributed by atoms with Crippen molar-refractivity contribution in [1.82, 2.24) is 4.31 Å². The number of carbonyl (C=O) groups is 1. The van der Waals surface area contributed by atoms with Crippen LogP contribution in [0.4, 0.5) is 14.5 Å². The summed E-state index contributed by atoms with van der Waals surface area (Å²) in [5.41, 5.74) is -0.247. The van der Waals surface area contributed by atoms with Crippen LogP contribution in [-0.4, -0.2) is 31.7 Å². The van der Waals surface area contributed by atoms with Gasteiger partial charge in [0.15, 0.2) is 0 Å². The number of hydrogen-bond acceptors (Lipinski definition) is 3. The van der Waals surface area contributed by atoms with E-state index >= 15 is 0 Å². The molecule has 150 valence electrons. The molecule has 1 fully saturated rings. The lowest BCUT2D eigenvalue weighted by molar-refractivity contribution is -0.120. The van der Waals surface area contributed by atoms with Crippen molar-refractivity contribution in [1.29, 1.82) is 0 Å². The summed E-state index contributed by atoms with van der Waals surface area (Å²) in [6.45, 7) is 0.154. The van der Waals surface area contributed by atoms with Crippen LogP contribution in [0, 0.1) is 17.6 Å². The number of piperidine rings is 1. The lowest BCUT2D eigenvalue weighted by atomic mass is 9.97. The van der Waals surface area contributed by atoms with Crippen molar-refractivity contribution in [2.24, 2.45) is 5.92 Å². The molecule has 0 aromatic heterocycles. The number of carbonyl (C=O) groups excluding carboxylic acids is 1. The maximum atomic E-state index is 13.7. The van der Waals surface area contributed by atoms with Gasteiger partial charge in [0.1, 0.15) is 16.5 Å². The lowest BCUT2D eigenvalue weighted by Gasteiger charge is -2.31. The highest BCUT2D eigenvalue weighted by molar-refractivity contribution is 7.89. The predicted octanol–water partition coefficient (Wildman–Crippen LogP) is 4.31. The van der Waals surface area contributed by atoms with E-state index in [1.54, 1.807) is 6.07 Å². The minimum atomic E-state index is -3.92. The van der Waals surface area contributed by atoms with Gasteiger partial charge in [-0.25, -0.2) is 17.2 Å². The number of anilines is 1. The Labute approximate surface area is 171 Å². The van der Waals surface area contributed by atoms with Gasteiger partial charge >= 0.3 is 0 Å². The fourth-order valence-electron chi connectivity index (χ4n) is 3.04. The summed E-state index contributed by atoms with van der Waals surface area (Å²) >= 11 is 12.0. The van der Waals surface area contributed by atoms with Crippen molar-refractivity contribution in [2.75, 3.05) is 18.4 Å². The summed E-state index contributed by atoms with van der Waals surface area (Å²) in [5, 5.41) is 2.40. The van der Waals surface area contributed by atoms with Gasteiger partial charge in [-0.05, 0) is 37.1 Å². The summed E-state index contributed by atoms with van der Waals surface area (Å²) < 4.78 is 53.8. The number of halogens is 4. The first-order valence-electron chi connectivity index (χ1n) is 8.40. The minimum Gasteiger partial charge on any atom is -0.323 e. The number of nitrogens with zero attached hydrogens (tertiary/aromatic N) is 1. The van der Waals surface area contributed by atoms with Crippen LogP contribution in [0.5, 0.6) is 0 Å². The Morgan fingerprint density at radius 2 is 1.68 bits per heavy atom. The second-order valence-electron chi connectivity index (χ2n) is 6.34. The van der Waals surface area contributed by atoms with Gasteiger partial charge in [-0.15, -0.1) is 0 Å². The van der Waals surface area contributed by atoms with Crippen LogP contribution in [0.2, 0.25) is 10.0 Å². The van der Waals surface area contributed by atoms with E-state index in [-0.39, 0.29) is 46.6 Å². The second-order valence-corrected chi connectivity index (χ2v) is 9.03. The first kappa shape index (κ1) is 21.0. The van der Waals surface area contributed by atoms with Gasteiger partial charge < -0.3 is 5.32 Å². The fourth-order valence-corrected chi connectivity index (χ4v) is 5.61. The van der Waals surface area contributed by atoms with E-state index in [1.165, 1.54) is 16.4 Å². The third-order valence-corrected chi connectivity index (χ3v) is 7.38. The monoisotopic (exact) mass is 448 g/mol. The van der Waals surface area contributed by atoms with E-state index < -0.39 is 33.5 Å². The molecule has 5 nitrogen and oxygen atoms in total. The summed E-state index contributed by atoms with van der Waals surface area (Å²) in [7, 11) is -3.92. The molecule has 0 unspecified atom stereocenters. The van der Waals surface area contributed by atoms with Gasteiger partial charge in [0.2, 0.25) is 15.9 Å². The second kappa shape index (κ2) is 8.32. The van der Waals surface area contributed by atoms with Crippen molar-refractivity contribution >= 4 is 44.8 Å². The van der Waals surface area contributed by atoms with Crippen LogP contribution >= 0.6 is 23.2 Å². The van der Waals surface area contributed by atoms with Crippen LogP contribution < -0.4 is 5.32 Å². The average Bonchev–Trinajstić information content (AvgIpc) is 2.64. The van der Waals surface area contributed by atoms with Crippen molar-refractivity contribution in [3.63, 3.8) is 0 Å². The Kier molecular flexibility index (Phi) is 6.24. The van der Waals surface area contributed by atoms with E-state index in [0.717, 1.165) is 18.2 Å². The van der Waals surface area contributed by atoms with Crippen LogP contribution in [0.3, 0.4) is 0 Å². The number of nitrogens with one attached hydrogen (secondary N) is 1. The largest absolute Gasteiger partial charge is 0.323 e. The molecule has 1 heterocycles. The molecule has 0 radical (unpaired) electrons. The number of hydrogen-bond donors (Lipinski definition) is 1. The van der Waals surface area contributed by atoms with E-state index in [1.807, 2.05) is 0 Å². The lowest BCUT2D eigenvalue weighted by Crippen LogP contribution is -2.41. The Morgan fingerprint density at radius 1 is 1.07 bits per heavy atom. The third-order valence-electron chi connectivity index (χ3n) is 4.53. The van der Waals surface area contributed by atoms with E-state index in [0.29, 0.717) is 0 Å². The van der Waals surface area contributed by atoms with Crippen molar-refractivity contribution in [3.05, 3.63) is 58.1 Å². The quantitative estimate of drug-likeness (QED) is 0.757. The fraction of sp³-hybridized carbons (Fsp3) is 0.278. The minimum absolute atomic E-state index is 0.0222. The molecule has 2 aromatic rings. The molecule has 0 spiro atoms. The summed E-state index contributed by atoms with van der Waals surface area (Å²) in [5.74, 6) is -2.44. The van der Waals surface area contributed by atoms with Crippen LogP contribution in [0.15, 0.2) is 41.3 Å². The molecular formula is C18H16Cl2F2N2O3S. The summed E-state index contributed by atoms with van der Waals surface area (Å²) in [6, 6.07) is 7.20. The number of rotatable bonds is 4. The molecule has 0 atom stereocenters. The topological polar surface area (TPSA) is 66.5 Å². The van der Waals surface area contributed by atoms with Crippen LogP contribution in [-0.2, 0) is 14.8 Å². The normalized spacial score (nSPS) is 16.1. The maximum Gasteiger partial charge on any atom is 0.246 e. The van der Waals surface area contributed by atoms with Crippen molar-refractivity contribution in [2.45, 2.75) is 17.7 Å². The Balaban J connectivity index is 1.69. The molecule has 1 saturated heterocycles. The van der Waals surface area contributed by atoms with Crippen LogP contribution in [0.25, 0.3) is 0 Å². The molecule has 1 N–H and O–H groups in total. The highest BCUT2D eigenvalue weighted by Crippen LogP contribution is 2.33. The van der Waals surface area contributed by atoms with E-state index in [2.05, 4.69) is 5.32 Å². The smallest absolute Gasteiger partial charge is 0.246 e. The highest BCUT2D eigenvalue weighted by atomic mass is 35.5. The van der Waals surface area contributed by atoms with Crippen molar-refractivity contribution < 1.29 is 22.0 Å². The Hall–Kier alpha value is -1.74. The molecular weight excluding hydrogens is 433 g/mol. The molecule has 10 heteroatoms. The molecule has 3 rings (SSSR count). The SMILES string of the molecule is O=C(Nc1cc(F)ccc1F)C1CCN(S(=O)(=O)c2c(Cl)cccc2Cl)CC1. The molecule has 28 heavy (non-hydrogen) atoms. The standard InChI is InChI=1S/C18H16Cl2F2N2O3S/c19-13-2-1-3-14(20)17(13)28(26,27)24-8-6-11(7-9-24)18(25)23-16-10-12(21)4-5-15(16)22/h1-5,10-11H,6-9H2,(H,23,25). The summed E-state index contributed by atoms with van der Waals surface area (Å²) in [6.07, 6.45) is 0.453. The van der Waals surface area contributed by atoms with Crippen LogP contribution in [0.1, 0.15) is 12.8 Å². The van der Waals surface area contributed by atoms with Gasteiger partial charge in [-0.2, -0.15) is 4.31 Å². The predicted molar refractivity (Wildman–Crippen MR) is 103 cm³/mol. The third kappa shape index (κ3) is 4.30. The highest BCUT2D eigenvalue weighted by Gasteiger charge is 2.34. The van der Waals surface area contributed by atoms with Crippen molar-refractivity contribution in [3.8, 4) is 0 Å².